The maximum atomic E-state index is 11.0. The Labute approximate surface area is 106 Å². The van der Waals surface area contributed by atoms with Crippen molar-refractivity contribution in [2.75, 3.05) is 0 Å². The molecule has 2 aromatic heterocycles. The van der Waals surface area contributed by atoms with Gasteiger partial charge in [0.25, 0.3) is 0 Å². The van der Waals surface area contributed by atoms with E-state index in [-0.39, 0.29) is 5.92 Å². The molecule has 4 nitrogen and oxygen atoms in total. The number of carbonyl (C=O) groups is 1. The van der Waals surface area contributed by atoms with Crippen LogP contribution in [0.2, 0.25) is 5.15 Å². The number of fused-ring (bicyclic) bond motifs is 1. The van der Waals surface area contributed by atoms with Crippen LogP contribution >= 0.6 is 27.5 Å². The zero-order valence-corrected chi connectivity index (χ0v) is 11.1. The molecule has 0 spiro atoms. The lowest BCUT2D eigenvalue weighted by atomic mass is 10.2. The van der Waals surface area contributed by atoms with Gasteiger partial charge in [-0.25, -0.2) is 9.97 Å². The molecule has 0 amide bonds. The minimum Gasteiger partial charge on any atom is -0.296 e. The lowest BCUT2D eigenvalue weighted by Gasteiger charge is -2.06. The Bertz CT molecular complexity index is 565. The molecule has 0 N–H and O–H groups in total. The van der Waals surface area contributed by atoms with Crippen molar-refractivity contribution < 1.29 is 4.79 Å². The summed E-state index contributed by atoms with van der Waals surface area (Å²) in [6.45, 7) is 4.01. The molecule has 0 fully saturated rings. The molecule has 0 unspecified atom stereocenters. The van der Waals surface area contributed by atoms with Crippen LogP contribution in [0.1, 0.15) is 36.1 Å². The summed E-state index contributed by atoms with van der Waals surface area (Å²) in [6.07, 6.45) is 2.19. The summed E-state index contributed by atoms with van der Waals surface area (Å²) in [5.41, 5.74) is 1.08. The highest BCUT2D eigenvalue weighted by atomic mass is 79.9. The zero-order chi connectivity index (χ0) is 11.9. The van der Waals surface area contributed by atoms with Gasteiger partial charge in [0.2, 0.25) is 0 Å². The first kappa shape index (κ1) is 11.5. The van der Waals surface area contributed by atoms with Crippen LogP contribution in [0.4, 0.5) is 0 Å². The molecule has 0 saturated heterocycles. The average Bonchev–Trinajstić information content (AvgIpc) is 2.58. The van der Waals surface area contributed by atoms with E-state index in [0.717, 1.165) is 12.1 Å². The second-order valence-electron chi connectivity index (χ2n) is 3.69. The Morgan fingerprint density at radius 2 is 2.25 bits per heavy atom. The minimum atomic E-state index is 0.191. The monoisotopic (exact) mass is 301 g/mol. The summed E-state index contributed by atoms with van der Waals surface area (Å²) in [7, 11) is 0. The van der Waals surface area contributed by atoms with Crippen LogP contribution in [0.5, 0.6) is 0 Å². The van der Waals surface area contributed by atoms with Gasteiger partial charge in [-0.15, -0.1) is 0 Å². The summed E-state index contributed by atoms with van der Waals surface area (Å²) >= 11 is 9.32. The van der Waals surface area contributed by atoms with Crippen molar-refractivity contribution in [1.82, 2.24) is 14.4 Å². The van der Waals surface area contributed by atoms with Gasteiger partial charge in [-0.1, -0.05) is 25.4 Å². The van der Waals surface area contributed by atoms with Crippen LogP contribution in [0, 0.1) is 0 Å². The van der Waals surface area contributed by atoms with E-state index in [2.05, 4.69) is 25.9 Å². The molecule has 0 atom stereocenters. The Morgan fingerprint density at radius 1 is 1.56 bits per heavy atom. The smallest absolute Gasteiger partial charge is 0.168 e. The average molecular weight is 303 g/mol. The molecule has 2 aromatic rings. The second-order valence-corrected chi connectivity index (χ2v) is 4.80. The number of aldehydes is 1. The molecule has 0 saturated carbocycles. The number of rotatable bonds is 2. The molecule has 0 aromatic carbocycles. The van der Waals surface area contributed by atoms with E-state index in [1.54, 1.807) is 4.40 Å². The van der Waals surface area contributed by atoms with E-state index in [4.69, 9.17) is 11.6 Å². The Balaban J connectivity index is 2.95. The van der Waals surface area contributed by atoms with Crippen LogP contribution in [-0.4, -0.2) is 20.7 Å². The predicted octanol–water partition coefficient (Wildman–Crippen LogP) is 3.08. The van der Waals surface area contributed by atoms with Gasteiger partial charge in [-0.2, -0.15) is 0 Å². The Hall–Kier alpha value is -0.940. The van der Waals surface area contributed by atoms with E-state index in [1.165, 1.54) is 6.20 Å². The maximum absolute atomic E-state index is 11.0. The van der Waals surface area contributed by atoms with E-state index in [0.29, 0.717) is 21.0 Å². The zero-order valence-electron chi connectivity index (χ0n) is 8.74. The normalized spacial score (nSPS) is 11.3. The molecular weight excluding hydrogens is 293 g/mol. The lowest BCUT2D eigenvalue weighted by Crippen LogP contribution is -2.03. The number of hydrogen-bond acceptors (Lipinski definition) is 3. The third-order valence-electron chi connectivity index (χ3n) is 2.26. The van der Waals surface area contributed by atoms with Crippen molar-refractivity contribution in [1.29, 1.82) is 0 Å². The largest absolute Gasteiger partial charge is 0.296 e. The molecular formula is C10H9BrClN3O. The molecule has 6 heteroatoms. The van der Waals surface area contributed by atoms with Gasteiger partial charge in [0.05, 0.1) is 6.20 Å². The van der Waals surface area contributed by atoms with Crippen molar-refractivity contribution in [3.05, 3.63) is 27.5 Å². The summed E-state index contributed by atoms with van der Waals surface area (Å²) in [4.78, 5) is 19.3. The third kappa shape index (κ3) is 1.64. The van der Waals surface area contributed by atoms with Gasteiger partial charge in [-0.3, -0.25) is 9.20 Å². The van der Waals surface area contributed by atoms with E-state index < -0.39 is 0 Å². The van der Waals surface area contributed by atoms with Crippen LogP contribution < -0.4 is 0 Å². The van der Waals surface area contributed by atoms with E-state index >= 15 is 0 Å². The van der Waals surface area contributed by atoms with Crippen molar-refractivity contribution >= 4 is 39.3 Å². The molecule has 0 aliphatic carbocycles. The fourth-order valence-electron chi connectivity index (χ4n) is 1.56. The third-order valence-corrected chi connectivity index (χ3v) is 3.09. The Morgan fingerprint density at radius 3 is 2.81 bits per heavy atom. The predicted molar refractivity (Wildman–Crippen MR) is 65.2 cm³/mol. The van der Waals surface area contributed by atoms with Crippen molar-refractivity contribution in [2.24, 2.45) is 0 Å². The van der Waals surface area contributed by atoms with Crippen LogP contribution in [-0.2, 0) is 0 Å². The molecule has 84 valence electrons. The number of halogens is 2. The number of nitrogens with zero attached hydrogens (tertiary/aromatic N) is 3. The summed E-state index contributed by atoms with van der Waals surface area (Å²) < 4.78 is 2.34. The molecule has 0 radical (unpaired) electrons. The van der Waals surface area contributed by atoms with Gasteiger partial charge in [0.15, 0.2) is 11.4 Å². The first-order valence-electron chi connectivity index (χ1n) is 4.73. The molecule has 0 bridgehead atoms. The highest BCUT2D eigenvalue weighted by Gasteiger charge is 2.17. The second kappa shape index (κ2) is 4.14. The Kier molecular flexibility index (Phi) is 2.99. The summed E-state index contributed by atoms with van der Waals surface area (Å²) in [5.74, 6) is 0.976. The molecule has 16 heavy (non-hydrogen) atoms. The van der Waals surface area contributed by atoms with Crippen LogP contribution in [0.25, 0.3) is 5.52 Å². The van der Waals surface area contributed by atoms with Crippen molar-refractivity contribution in [3.63, 3.8) is 0 Å². The first-order chi connectivity index (χ1) is 7.56. The summed E-state index contributed by atoms with van der Waals surface area (Å²) in [6, 6.07) is 0. The molecule has 0 aliphatic heterocycles. The van der Waals surface area contributed by atoms with Crippen LogP contribution in [0.3, 0.4) is 0 Å². The first-order valence-corrected chi connectivity index (χ1v) is 5.91. The van der Waals surface area contributed by atoms with E-state index in [1.807, 2.05) is 13.8 Å². The van der Waals surface area contributed by atoms with Crippen molar-refractivity contribution in [2.45, 2.75) is 19.8 Å². The highest BCUT2D eigenvalue weighted by molar-refractivity contribution is 9.10. The fourth-order valence-corrected chi connectivity index (χ4v) is 2.44. The van der Waals surface area contributed by atoms with Gasteiger partial charge in [0.1, 0.15) is 21.6 Å². The van der Waals surface area contributed by atoms with E-state index in [9.17, 15) is 4.79 Å². The number of aromatic nitrogens is 3. The topological polar surface area (TPSA) is 47.3 Å². The highest BCUT2D eigenvalue weighted by Crippen LogP contribution is 2.28. The SMILES string of the molecule is CC(C)c1nc(Br)c2c(Cl)ncc(C=O)n12. The van der Waals surface area contributed by atoms with Gasteiger partial charge >= 0.3 is 0 Å². The molecule has 2 rings (SSSR count). The number of hydrogen-bond donors (Lipinski definition) is 0. The van der Waals surface area contributed by atoms with Gasteiger partial charge < -0.3 is 0 Å². The lowest BCUT2D eigenvalue weighted by molar-refractivity contribution is 0.111. The van der Waals surface area contributed by atoms with Crippen molar-refractivity contribution in [3.8, 4) is 0 Å². The quantitative estimate of drug-likeness (QED) is 0.801. The summed E-state index contributed by atoms with van der Waals surface area (Å²) in [5, 5.41) is 0.330. The standard InChI is InChI=1S/C10H9BrClN3O/c1-5(2)10-14-8(11)7-9(12)13-3-6(4-16)15(7)10/h3-5H,1-2H3. The van der Waals surface area contributed by atoms with Crippen LogP contribution in [0.15, 0.2) is 10.8 Å². The molecule has 0 aliphatic rings. The van der Waals surface area contributed by atoms with Gasteiger partial charge in [0, 0.05) is 5.92 Å². The van der Waals surface area contributed by atoms with Gasteiger partial charge in [-0.05, 0) is 15.9 Å². The number of carbonyl (C=O) groups excluding carboxylic acids is 1. The molecule has 2 heterocycles. The fraction of sp³-hybridized carbons (Fsp3) is 0.300. The number of imidazole rings is 1. The minimum absolute atomic E-state index is 0.191. The maximum Gasteiger partial charge on any atom is 0.168 e.